The fourth-order valence-corrected chi connectivity index (χ4v) is 5.75. The zero-order valence-electron chi connectivity index (χ0n) is 16.2. The molecule has 2 atom stereocenters. The van der Waals surface area contributed by atoms with Crippen molar-refractivity contribution in [3.05, 3.63) is 52.9 Å². The zero-order chi connectivity index (χ0) is 21.9. The molecule has 2 heterocycles. The van der Waals surface area contributed by atoms with E-state index in [2.05, 4.69) is 22.1 Å². The maximum absolute atomic E-state index is 12.6. The fourth-order valence-electron chi connectivity index (χ4n) is 3.14. The Kier molecular flexibility index (Phi) is 6.56. The van der Waals surface area contributed by atoms with Crippen molar-refractivity contribution in [1.82, 2.24) is 14.8 Å². The summed E-state index contributed by atoms with van der Waals surface area (Å²) in [6.07, 6.45) is 2.15. The largest absolute Gasteiger partial charge is 0.325 e. The molecular formula is C18H21N5O5S2. The summed E-state index contributed by atoms with van der Waals surface area (Å²) in [6.45, 7) is 5.80. The summed E-state index contributed by atoms with van der Waals surface area (Å²) in [6, 6.07) is 5.69. The third-order valence-corrected chi connectivity index (χ3v) is 7.48. The highest BCUT2D eigenvalue weighted by atomic mass is 32.2. The van der Waals surface area contributed by atoms with E-state index in [1.54, 1.807) is 23.6 Å². The van der Waals surface area contributed by atoms with E-state index in [4.69, 9.17) is 0 Å². The number of carbonyl (C=O) groups is 1. The first-order chi connectivity index (χ1) is 14.2. The Labute approximate surface area is 177 Å². The Morgan fingerprint density at radius 2 is 2.27 bits per heavy atom. The SMILES string of the molecule is C=CCn1c(S[C@@H](C)C(=O)Nc2cccc([N+](=O)[O-])c2)nnc1[C@H]1CCS(=O)(=O)C1. The van der Waals surface area contributed by atoms with Crippen molar-refractivity contribution in [2.75, 3.05) is 16.8 Å². The van der Waals surface area contributed by atoms with Crippen molar-refractivity contribution >= 4 is 38.9 Å². The van der Waals surface area contributed by atoms with Crippen LogP contribution < -0.4 is 5.32 Å². The van der Waals surface area contributed by atoms with E-state index in [1.165, 1.54) is 30.0 Å². The third-order valence-electron chi connectivity index (χ3n) is 4.63. The molecule has 0 saturated carbocycles. The fraction of sp³-hybridized carbons (Fsp3) is 0.389. The number of amides is 1. The second-order valence-electron chi connectivity index (χ2n) is 6.90. The normalized spacial score (nSPS) is 18.6. The van der Waals surface area contributed by atoms with E-state index in [-0.39, 0.29) is 29.0 Å². The molecule has 1 N–H and O–H groups in total. The highest BCUT2D eigenvalue weighted by molar-refractivity contribution is 8.00. The van der Waals surface area contributed by atoms with Crippen LogP contribution in [0.15, 0.2) is 42.1 Å². The lowest BCUT2D eigenvalue weighted by Crippen LogP contribution is -2.23. The zero-order valence-corrected chi connectivity index (χ0v) is 17.9. The average Bonchev–Trinajstić information content (AvgIpc) is 3.25. The first-order valence-electron chi connectivity index (χ1n) is 9.16. The molecule has 1 fully saturated rings. The van der Waals surface area contributed by atoms with E-state index < -0.39 is 20.0 Å². The molecule has 0 spiro atoms. The number of nitro groups is 1. The summed E-state index contributed by atoms with van der Waals surface area (Å²) in [5.74, 6) is 0.160. The number of nitro benzene ring substituents is 1. The molecule has 1 aliphatic rings. The number of anilines is 1. The third kappa shape index (κ3) is 5.05. The Morgan fingerprint density at radius 1 is 1.50 bits per heavy atom. The lowest BCUT2D eigenvalue weighted by atomic mass is 10.1. The molecule has 1 aliphatic heterocycles. The molecule has 30 heavy (non-hydrogen) atoms. The lowest BCUT2D eigenvalue weighted by Gasteiger charge is -2.14. The number of benzene rings is 1. The molecule has 0 unspecified atom stereocenters. The van der Waals surface area contributed by atoms with E-state index >= 15 is 0 Å². The van der Waals surface area contributed by atoms with Gasteiger partial charge in [0, 0.05) is 30.3 Å². The van der Waals surface area contributed by atoms with Gasteiger partial charge in [-0.1, -0.05) is 23.9 Å². The monoisotopic (exact) mass is 451 g/mol. The summed E-state index contributed by atoms with van der Waals surface area (Å²) in [5.41, 5.74) is 0.209. The number of hydrogen-bond acceptors (Lipinski definition) is 8. The van der Waals surface area contributed by atoms with Crippen LogP contribution in [0.25, 0.3) is 0 Å². The minimum absolute atomic E-state index is 0.0375. The Balaban J connectivity index is 1.73. The number of non-ortho nitro benzene ring substituents is 1. The minimum atomic E-state index is -3.07. The number of rotatable bonds is 8. The molecule has 10 nitrogen and oxygen atoms in total. The number of sulfone groups is 1. The predicted molar refractivity (Wildman–Crippen MR) is 113 cm³/mol. The van der Waals surface area contributed by atoms with Gasteiger partial charge in [0.15, 0.2) is 15.0 Å². The summed E-state index contributed by atoms with van der Waals surface area (Å²) in [7, 11) is -3.07. The van der Waals surface area contributed by atoms with Crippen LogP contribution in [-0.2, 0) is 21.2 Å². The van der Waals surface area contributed by atoms with Crippen molar-refractivity contribution in [1.29, 1.82) is 0 Å². The summed E-state index contributed by atoms with van der Waals surface area (Å²) in [4.78, 5) is 22.9. The van der Waals surface area contributed by atoms with Crippen molar-refractivity contribution in [2.45, 2.75) is 36.2 Å². The minimum Gasteiger partial charge on any atom is -0.325 e. The van der Waals surface area contributed by atoms with Gasteiger partial charge in [0.1, 0.15) is 5.82 Å². The van der Waals surface area contributed by atoms with Crippen molar-refractivity contribution < 1.29 is 18.1 Å². The lowest BCUT2D eigenvalue weighted by molar-refractivity contribution is -0.384. The topological polar surface area (TPSA) is 137 Å². The molecular weight excluding hydrogens is 430 g/mol. The van der Waals surface area contributed by atoms with Gasteiger partial charge in [0.25, 0.3) is 5.69 Å². The van der Waals surface area contributed by atoms with E-state index in [1.807, 2.05) is 0 Å². The molecule has 1 amide bonds. The van der Waals surface area contributed by atoms with Crippen LogP contribution in [0.1, 0.15) is 25.1 Å². The quantitative estimate of drug-likeness (QED) is 0.279. The summed E-state index contributed by atoms with van der Waals surface area (Å²) < 4.78 is 25.4. The maximum Gasteiger partial charge on any atom is 0.271 e. The number of allylic oxidation sites excluding steroid dienone is 1. The van der Waals surface area contributed by atoms with E-state index in [0.717, 1.165) is 0 Å². The van der Waals surface area contributed by atoms with Crippen molar-refractivity contribution in [2.24, 2.45) is 0 Å². The number of hydrogen-bond donors (Lipinski definition) is 1. The molecule has 1 aromatic heterocycles. The molecule has 160 valence electrons. The number of carbonyl (C=O) groups excluding carboxylic acids is 1. The van der Waals surface area contributed by atoms with Gasteiger partial charge in [0.2, 0.25) is 5.91 Å². The first kappa shape index (κ1) is 22.0. The molecule has 0 radical (unpaired) electrons. The molecule has 1 saturated heterocycles. The van der Waals surface area contributed by atoms with Gasteiger partial charge in [-0.25, -0.2) is 8.42 Å². The first-order valence-corrected chi connectivity index (χ1v) is 11.9. The summed E-state index contributed by atoms with van der Waals surface area (Å²) >= 11 is 1.17. The number of aromatic nitrogens is 3. The smallest absolute Gasteiger partial charge is 0.271 e. The van der Waals surface area contributed by atoms with E-state index in [9.17, 15) is 23.3 Å². The highest BCUT2D eigenvalue weighted by Gasteiger charge is 2.33. The Morgan fingerprint density at radius 3 is 2.90 bits per heavy atom. The van der Waals surface area contributed by atoms with Crippen LogP contribution in [-0.4, -0.2) is 50.8 Å². The van der Waals surface area contributed by atoms with Gasteiger partial charge in [-0.15, -0.1) is 16.8 Å². The second kappa shape index (κ2) is 8.96. The van der Waals surface area contributed by atoms with Gasteiger partial charge >= 0.3 is 0 Å². The van der Waals surface area contributed by atoms with Gasteiger partial charge in [-0.05, 0) is 19.4 Å². The molecule has 0 aliphatic carbocycles. The van der Waals surface area contributed by atoms with Gasteiger partial charge in [-0.3, -0.25) is 14.9 Å². The number of nitrogens with one attached hydrogen (secondary N) is 1. The Bertz CT molecular complexity index is 1080. The van der Waals surface area contributed by atoms with E-state index in [0.29, 0.717) is 29.6 Å². The predicted octanol–water partition coefficient (Wildman–Crippen LogP) is 2.39. The molecule has 12 heteroatoms. The van der Waals surface area contributed by atoms with Gasteiger partial charge < -0.3 is 9.88 Å². The Hall–Kier alpha value is -2.73. The standard InChI is InChI=1S/C18H21N5O5S2/c1-3-8-22-16(13-7-9-30(27,28)11-13)20-21-18(22)29-12(2)17(24)19-14-5-4-6-15(10-14)23(25)26/h3-6,10,12-13H,1,7-9,11H2,2H3,(H,19,24)/t12-,13-/m0/s1. The van der Waals surface area contributed by atoms with Crippen LogP contribution in [0.4, 0.5) is 11.4 Å². The molecule has 2 aromatic rings. The number of thioether (sulfide) groups is 1. The molecule has 3 rings (SSSR count). The van der Waals surface area contributed by atoms with Crippen LogP contribution in [0.3, 0.4) is 0 Å². The second-order valence-corrected chi connectivity index (χ2v) is 10.4. The average molecular weight is 452 g/mol. The van der Waals surface area contributed by atoms with Crippen LogP contribution in [0.2, 0.25) is 0 Å². The van der Waals surface area contributed by atoms with Crippen LogP contribution in [0.5, 0.6) is 0 Å². The van der Waals surface area contributed by atoms with Gasteiger partial charge in [0.05, 0.1) is 21.7 Å². The number of nitrogens with zero attached hydrogens (tertiary/aromatic N) is 4. The van der Waals surface area contributed by atoms with Crippen molar-refractivity contribution in [3.63, 3.8) is 0 Å². The molecule has 1 aromatic carbocycles. The van der Waals surface area contributed by atoms with Crippen molar-refractivity contribution in [3.8, 4) is 0 Å². The van der Waals surface area contributed by atoms with Crippen LogP contribution >= 0.6 is 11.8 Å². The highest BCUT2D eigenvalue weighted by Crippen LogP contribution is 2.31. The van der Waals surface area contributed by atoms with Crippen LogP contribution in [0, 0.1) is 10.1 Å². The summed E-state index contributed by atoms with van der Waals surface area (Å²) in [5, 5.41) is 21.8. The molecule has 0 bridgehead atoms. The maximum atomic E-state index is 12.6. The van der Waals surface area contributed by atoms with Gasteiger partial charge in [-0.2, -0.15) is 0 Å².